The molecule has 0 saturated carbocycles. The molecule has 1 aliphatic rings. The van der Waals surface area contributed by atoms with Crippen molar-refractivity contribution in [2.75, 3.05) is 6.61 Å². The molecule has 0 radical (unpaired) electrons. The normalized spacial score (nSPS) is 17.7. The van der Waals surface area contributed by atoms with Gasteiger partial charge in [0.15, 0.2) is 5.96 Å². The predicted octanol–water partition coefficient (Wildman–Crippen LogP) is 0.643. The van der Waals surface area contributed by atoms with Gasteiger partial charge in [-0.25, -0.2) is 4.18 Å². The fourth-order valence-corrected chi connectivity index (χ4v) is 3.15. The fourth-order valence-electron chi connectivity index (χ4n) is 2.81. The molecule has 1 amide bonds. The molecule has 0 spiro atoms. The number of nitrogens with one attached hydrogen (secondary N) is 2. The molecule has 1 heterocycles. The second kappa shape index (κ2) is 7.24. The zero-order chi connectivity index (χ0) is 17.9. The van der Waals surface area contributed by atoms with Crippen LogP contribution in [0.4, 0.5) is 0 Å². The first kappa shape index (κ1) is 18.3. The highest BCUT2D eigenvalue weighted by atomic mass is 32.3. The Morgan fingerprint density at radius 3 is 2.88 bits per heavy atom. The maximum Gasteiger partial charge on any atom is 0.397 e. The van der Waals surface area contributed by atoms with Crippen LogP contribution in [0, 0.1) is 12.3 Å². The second-order valence-electron chi connectivity index (χ2n) is 5.69. The summed E-state index contributed by atoms with van der Waals surface area (Å²) in [7, 11) is -4.51. The van der Waals surface area contributed by atoms with Gasteiger partial charge in [0.1, 0.15) is 0 Å². The number of nitrogens with zero attached hydrogens (tertiary/aromatic N) is 1. The standard InChI is InChI=1S/C14H20N4O5S/c1-8-11(13(19)18-14(15)16)6-9-4-2-3-5-10(12(9)17-8)7-23-24(20,21)22/h6,10H,2-5,7H2,1H3,(H,20,21,22)(H4,15,16,18,19). The van der Waals surface area contributed by atoms with E-state index < -0.39 is 22.3 Å². The summed E-state index contributed by atoms with van der Waals surface area (Å²) in [5, 5.41) is 9.36. The zero-order valence-electron chi connectivity index (χ0n) is 13.2. The molecule has 1 aromatic heterocycles. The highest BCUT2D eigenvalue weighted by Gasteiger charge is 2.25. The molecule has 1 atom stereocenters. The highest BCUT2D eigenvalue weighted by Crippen LogP contribution is 2.31. The lowest BCUT2D eigenvalue weighted by Crippen LogP contribution is -2.36. The van der Waals surface area contributed by atoms with Gasteiger partial charge in [0.25, 0.3) is 5.91 Å². The monoisotopic (exact) mass is 356 g/mol. The van der Waals surface area contributed by atoms with Crippen LogP contribution in [0.25, 0.3) is 0 Å². The molecule has 1 aliphatic carbocycles. The fraction of sp³-hybridized carbons (Fsp3) is 0.500. The van der Waals surface area contributed by atoms with E-state index in [1.807, 2.05) is 0 Å². The van der Waals surface area contributed by atoms with Crippen LogP contribution in [-0.4, -0.2) is 36.4 Å². The van der Waals surface area contributed by atoms with E-state index in [1.165, 1.54) is 0 Å². The van der Waals surface area contributed by atoms with E-state index >= 15 is 0 Å². The summed E-state index contributed by atoms with van der Waals surface area (Å²) in [4.78, 5) is 16.5. The van der Waals surface area contributed by atoms with Crippen molar-refractivity contribution in [3.63, 3.8) is 0 Å². The molecule has 0 bridgehead atoms. The van der Waals surface area contributed by atoms with Crippen LogP contribution in [0.15, 0.2) is 6.07 Å². The number of carbonyl (C=O) groups excluding carboxylic acids is 1. The SMILES string of the molecule is Cc1nc2c(cc1C(=O)NC(=N)N)CCCCC2COS(=O)(=O)O. The van der Waals surface area contributed by atoms with Crippen molar-refractivity contribution in [1.82, 2.24) is 10.3 Å². The molecular formula is C14H20N4O5S. The molecule has 0 aromatic carbocycles. The topological polar surface area (TPSA) is 155 Å². The first-order valence-corrected chi connectivity index (χ1v) is 8.81. The molecule has 10 heteroatoms. The lowest BCUT2D eigenvalue weighted by Gasteiger charge is -2.18. The van der Waals surface area contributed by atoms with E-state index in [0.29, 0.717) is 29.8 Å². The Morgan fingerprint density at radius 1 is 1.54 bits per heavy atom. The van der Waals surface area contributed by atoms with Crippen molar-refractivity contribution in [2.45, 2.75) is 38.5 Å². The maximum absolute atomic E-state index is 12.1. The summed E-state index contributed by atoms with van der Waals surface area (Å²) in [6, 6.07) is 1.70. The number of aromatic nitrogens is 1. The van der Waals surface area contributed by atoms with E-state index in [-0.39, 0.29) is 12.5 Å². The summed E-state index contributed by atoms with van der Waals surface area (Å²) >= 11 is 0. The van der Waals surface area contributed by atoms with E-state index in [2.05, 4.69) is 14.5 Å². The van der Waals surface area contributed by atoms with E-state index in [9.17, 15) is 13.2 Å². The van der Waals surface area contributed by atoms with Gasteiger partial charge in [0.2, 0.25) is 0 Å². The molecule has 0 fully saturated rings. The summed E-state index contributed by atoms with van der Waals surface area (Å²) in [5.41, 5.74) is 7.45. The van der Waals surface area contributed by atoms with Gasteiger partial charge in [0.05, 0.1) is 17.9 Å². The van der Waals surface area contributed by atoms with Crippen LogP contribution in [0.3, 0.4) is 0 Å². The number of amides is 1. The average Bonchev–Trinajstić information content (AvgIpc) is 2.64. The largest absolute Gasteiger partial charge is 0.397 e. The van der Waals surface area contributed by atoms with Gasteiger partial charge >= 0.3 is 10.4 Å². The molecule has 5 N–H and O–H groups in total. The van der Waals surface area contributed by atoms with Crippen molar-refractivity contribution < 1.29 is 21.9 Å². The van der Waals surface area contributed by atoms with Gasteiger partial charge in [-0.05, 0) is 37.8 Å². The minimum atomic E-state index is -4.51. The Balaban J connectivity index is 2.34. The third-order valence-electron chi connectivity index (χ3n) is 3.87. The Kier molecular flexibility index (Phi) is 5.52. The Morgan fingerprint density at radius 2 is 2.25 bits per heavy atom. The number of aryl methyl sites for hydroxylation is 2. The lowest BCUT2D eigenvalue weighted by molar-refractivity contribution is 0.0975. The minimum absolute atomic E-state index is 0.197. The number of carbonyl (C=O) groups is 1. The van der Waals surface area contributed by atoms with Gasteiger partial charge in [-0.1, -0.05) is 6.42 Å². The van der Waals surface area contributed by atoms with E-state index in [1.54, 1.807) is 13.0 Å². The van der Waals surface area contributed by atoms with Gasteiger partial charge in [-0.15, -0.1) is 0 Å². The third kappa shape index (κ3) is 4.73. The average molecular weight is 356 g/mol. The Bertz CT molecular complexity index is 763. The summed E-state index contributed by atoms with van der Waals surface area (Å²) in [5.74, 6) is -1.24. The van der Waals surface area contributed by atoms with Crippen molar-refractivity contribution in [1.29, 1.82) is 5.41 Å². The van der Waals surface area contributed by atoms with Gasteiger partial charge in [-0.2, -0.15) is 8.42 Å². The summed E-state index contributed by atoms with van der Waals surface area (Å²) in [6.07, 6.45) is 3.09. The predicted molar refractivity (Wildman–Crippen MR) is 86.2 cm³/mol. The third-order valence-corrected chi connectivity index (χ3v) is 4.31. The molecule has 132 valence electrons. The molecular weight excluding hydrogens is 336 g/mol. The second-order valence-corrected chi connectivity index (χ2v) is 6.78. The van der Waals surface area contributed by atoms with Crippen molar-refractivity contribution in [3.05, 3.63) is 28.6 Å². The quantitative estimate of drug-likeness (QED) is 0.267. The molecule has 9 nitrogen and oxygen atoms in total. The number of nitrogens with two attached hydrogens (primary N) is 1. The van der Waals surface area contributed by atoms with E-state index in [4.69, 9.17) is 15.7 Å². The molecule has 0 aliphatic heterocycles. The van der Waals surface area contributed by atoms with Crippen LogP contribution in [-0.2, 0) is 21.0 Å². The van der Waals surface area contributed by atoms with Crippen LogP contribution < -0.4 is 11.1 Å². The molecule has 0 saturated heterocycles. The molecule has 1 unspecified atom stereocenters. The number of hydrogen-bond donors (Lipinski definition) is 4. The first-order valence-electron chi connectivity index (χ1n) is 7.45. The maximum atomic E-state index is 12.1. The van der Waals surface area contributed by atoms with E-state index in [0.717, 1.165) is 18.4 Å². The smallest absolute Gasteiger partial charge is 0.370 e. The highest BCUT2D eigenvalue weighted by molar-refractivity contribution is 7.80. The lowest BCUT2D eigenvalue weighted by atomic mass is 9.97. The Hall–Kier alpha value is -2.04. The van der Waals surface area contributed by atoms with Gasteiger partial charge in [-0.3, -0.25) is 25.1 Å². The number of rotatable bonds is 4. The first-order chi connectivity index (χ1) is 11.2. The van der Waals surface area contributed by atoms with Crippen molar-refractivity contribution >= 4 is 22.3 Å². The number of fused-ring (bicyclic) bond motifs is 1. The summed E-state index contributed by atoms with van der Waals surface area (Å²) in [6.45, 7) is 1.46. The van der Waals surface area contributed by atoms with Gasteiger partial charge < -0.3 is 5.73 Å². The zero-order valence-corrected chi connectivity index (χ0v) is 14.0. The van der Waals surface area contributed by atoms with Gasteiger partial charge in [0, 0.05) is 11.6 Å². The van der Waals surface area contributed by atoms with Crippen LogP contribution >= 0.6 is 0 Å². The molecule has 2 rings (SSSR count). The van der Waals surface area contributed by atoms with Crippen LogP contribution in [0.5, 0.6) is 0 Å². The minimum Gasteiger partial charge on any atom is -0.370 e. The summed E-state index contributed by atoms with van der Waals surface area (Å²) < 4.78 is 34.9. The van der Waals surface area contributed by atoms with Crippen molar-refractivity contribution in [2.24, 2.45) is 5.73 Å². The molecule has 1 aromatic rings. The number of guanidine groups is 1. The Labute approximate surface area is 140 Å². The van der Waals surface area contributed by atoms with Crippen molar-refractivity contribution in [3.8, 4) is 0 Å². The van der Waals surface area contributed by atoms with Crippen LogP contribution in [0.1, 0.15) is 52.5 Å². The molecule has 24 heavy (non-hydrogen) atoms. The number of pyridine rings is 1. The van der Waals surface area contributed by atoms with Crippen LogP contribution in [0.2, 0.25) is 0 Å². The number of hydrogen-bond acceptors (Lipinski definition) is 6.